The number of ether oxygens (including phenoxy) is 1. The number of carbonyl (C=O) groups is 1. The Bertz CT molecular complexity index is 648. The molecule has 0 spiro atoms. The van der Waals surface area contributed by atoms with E-state index in [9.17, 15) is 13.2 Å². The van der Waals surface area contributed by atoms with Crippen LogP contribution in [0.1, 0.15) is 0 Å². The lowest BCUT2D eigenvalue weighted by Gasteiger charge is -2.21. The zero-order chi connectivity index (χ0) is 17.0. The number of hydrogen-bond donors (Lipinski definition) is 2. The first-order valence-electron chi connectivity index (χ1n) is 7.09. The number of amides is 2. The summed E-state index contributed by atoms with van der Waals surface area (Å²) in [4.78, 5) is 12.0. The molecule has 0 unspecified atom stereocenters. The average molecular weight is 362 g/mol. The predicted molar refractivity (Wildman–Crippen MR) is 89.2 cm³/mol. The molecule has 0 aromatic heterocycles. The van der Waals surface area contributed by atoms with Crippen molar-refractivity contribution in [2.75, 3.05) is 38.4 Å². The first-order valence-corrected chi connectivity index (χ1v) is 9.07. The summed E-state index contributed by atoms with van der Waals surface area (Å²) in [6.07, 6.45) is 0. The van der Waals surface area contributed by atoms with Crippen molar-refractivity contribution in [1.29, 1.82) is 0 Å². The summed E-state index contributed by atoms with van der Waals surface area (Å²) in [5.41, 5.74) is 0.600. The highest BCUT2D eigenvalue weighted by atomic mass is 35.5. The normalized spacial score (nSPS) is 21.4. The van der Waals surface area contributed by atoms with Gasteiger partial charge in [0.1, 0.15) is 0 Å². The number of nitrogens with one attached hydrogen (secondary N) is 2. The first kappa shape index (κ1) is 18.0. The maximum absolute atomic E-state index is 12.0. The molecule has 9 heteroatoms. The van der Waals surface area contributed by atoms with E-state index in [0.717, 1.165) is 0 Å². The van der Waals surface area contributed by atoms with Crippen molar-refractivity contribution in [3.8, 4) is 0 Å². The molecule has 0 saturated carbocycles. The van der Waals surface area contributed by atoms with Crippen LogP contribution in [-0.4, -0.2) is 57.9 Å². The van der Waals surface area contributed by atoms with Gasteiger partial charge >= 0.3 is 6.03 Å². The summed E-state index contributed by atoms with van der Waals surface area (Å²) in [6, 6.07) is 5.94. The highest BCUT2D eigenvalue weighted by molar-refractivity contribution is 7.89. The maximum Gasteiger partial charge on any atom is 0.319 e. The molecule has 0 radical (unpaired) electrons. The van der Waals surface area contributed by atoms with E-state index in [1.807, 2.05) is 0 Å². The lowest BCUT2D eigenvalue weighted by molar-refractivity contribution is 0.184. The topological polar surface area (TPSA) is 87.7 Å². The summed E-state index contributed by atoms with van der Waals surface area (Å²) >= 11 is 5.79. The van der Waals surface area contributed by atoms with Crippen LogP contribution >= 0.6 is 11.6 Å². The second kappa shape index (κ2) is 7.48. The Morgan fingerprint density at radius 2 is 1.96 bits per heavy atom. The lowest BCUT2D eigenvalue weighted by atomic mass is 10.1. The Kier molecular flexibility index (Phi) is 5.85. The van der Waals surface area contributed by atoms with E-state index in [4.69, 9.17) is 16.3 Å². The molecule has 0 bridgehead atoms. The molecule has 7 nitrogen and oxygen atoms in total. The number of nitrogens with zero attached hydrogens (tertiary/aromatic N) is 1. The van der Waals surface area contributed by atoms with E-state index in [1.54, 1.807) is 24.3 Å². The van der Waals surface area contributed by atoms with Gasteiger partial charge in [-0.3, -0.25) is 0 Å². The molecule has 128 valence electrons. The van der Waals surface area contributed by atoms with Gasteiger partial charge in [-0.25, -0.2) is 17.5 Å². The van der Waals surface area contributed by atoms with Gasteiger partial charge < -0.3 is 15.4 Å². The molecule has 23 heavy (non-hydrogen) atoms. The second-order valence-electron chi connectivity index (χ2n) is 5.57. The SMILES string of the molecule is CN(C)S(=O)(=O)C[C@@H]1COC[C@@H]1NC(=O)Nc1ccc(Cl)cc1. The van der Waals surface area contributed by atoms with Gasteiger partial charge in [0, 0.05) is 30.7 Å². The van der Waals surface area contributed by atoms with Gasteiger partial charge in [0.25, 0.3) is 0 Å². The number of hydrogen-bond acceptors (Lipinski definition) is 4. The summed E-state index contributed by atoms with van der Waals surface area (Å²) in [6.45, 7) is 0.598. The molecule has 2 N–H and O–H groups in total. The Morgan fingerprint density at radius 3 is 2.57 bits per heavy atom. The molecule has 1 aromatic rings. The van der Waals surface area contributed by atoms with Crippen LogP contribution in [0.2, 0.25) is 5.02 Å². The molecule has 0 aliphatic carbocycles. The van der Waals surface area contributed by atoms with Crippen molar-refractivity contribution in [3.63, 3.8) is 0 Å². The molecule has 1 saturated heterocycles. The monoisotopic (exact) mass is 361 g/mol. The van der Waals surface area contributed by atoms with Gasteiger partial charge in [0.05, 0.1) is 25.0 Å². The van der Waals surface area contributed by atoms with Crippen LogP contribution in [0.15, 0.2) is 24.3 Å². The fourth-order valence-electron chi connectivity index (χ4n) is 2.21. The molecule has 1 heterocycles. The van der Waals surface area contributed by atoms with Crippen LogP contribution in [0.4, 0.5) is 10.5 Å². The van der Waals surface area contributed by atoms with Crippen molar-refractivity contribution in [3.05, 3.63) is 29.3 Å². The fourth-order valence-corrected chi connectivity index (χ4v) is 3.50. The van der Waals surface area contributed by atoms with Crippen LogP contribution in [0.5, 0.6) is 0 Å². The zero-order valence-electron chi connectivity index (χ0n) is 13.0. The van der Waals surface area contributed by atoms with Crippen molar-refractivity contribution >= 4 is 33.3 Å². The molecule has 1 fully saturated rings. The van der Waals surface area contributed by atoms with Crippen LogP contribution in [0, 0.1) is 5.92 Å². The Hall–Kier alpha value is -1.35. The summed E-state index contributed by atoms with van der Waals surface area (Å²) in [5.74, 6) is -0.343. The van der Waals surface area contributed by atoms with E-state index in [-0.39, 0.29) is 17.7 Å². The van der Waals surface area contributed by atoms with Gasteiger partial charge in [0.15, 0.2) is 0 Å². The van der Waals surface area contributed by atoms with Crippen LogP contribution in [-0.2, 0) is 14.8 Å². The smallest absolute Gasteiger partial charge is 0.319 e. The molecular weight excluding hydrogens is 342 g/mol. The van der Waals surface area contributed by atoms with Crippen molar-refractivity contribution in [1.82, 2.24) is 9.62 Å². The van der Waals surface area contributed by atoms with Crippen molar-refractivity contribution in [2.45, 2.75) is 6.04 Å². The van der Waals surface area contributed by atoms with Crippen LogP contribution in [0.25, 0.3) is 0 Å². The number of rotatable bonds is 5. The maximum atomic E-state index is 12.0. The van der Waals surface area contributed by atoms with Gasteiger partial charge in [-0.1, -0.05) is 11.6 Å². The molecule has 2 atom stereocenters. The quantitative estimate of drug-likeness (QED) is 0.829. The zero-order valence-corrected chi connectivity index (χ0v) is 14.5. The fraction of sp³-hybridized carbons (Fsp3) is 0.500. The molecule has 2 rings (SSSR count). The summed E-state index contributed by atoms with van der Waals surface area (Å²) < 4.78 is 30.4. The Labute approximate surface area is 141 Å². The number of benzene rings is 1. The second-order valence-corrected chi connectivity index (χ2v) is 8.23. The minimum atomic E-state index is -3.35. The summed E-state index contributed by atoms with van der Waals surface area (Å²) in [5, 5.41) is 6.02. The Morgan fingerprint density at radius 1 is 1.30 bits per heavy atom. The molecule has 1 aliphatic rings. The standard InChI is InChI=1S/C14H20ClN3O4S/c1-18(2)23(20,21)9-10-7-22-8-13(10)17-14(19)16-12-5-3-11(15)4-6-12/h3-6,10,13H,7-9H2,1-2H3,(H2,16,17,19)/t10-,13-/m0/s1. The van der Waals surface area contributed by atoms with Crippen LogP contribution in [0.3, 0.4) is 0 Å². The first-order chi connectivity index (χ1) is 10.8. The van der Waals surface area contributed by atoms with Gasteiger partial charge in [-0.05, 0) is 24.3 Å². The number of anilines is 1. The number of carbonyl (C=O) groups excluding carboxylic acids is 1. The van der Waals surface area contributed by atoms with E-state index >= 15 is 0 Å². The Balaban J connectivity index is 1.93. The third-order valence-electron chi connectivity index (χ3n) is 3.60. The number of urea groups is 1. The number of sulfonamides is 1. The van der Waals surface area contributed by atoms with E-state index in [2.05, 4.69) is 10.6 Å². The molecule has 1 aromatic carbocycles. The minimum absolute atomic E-state index is 0.0636. The van der Waals surface area contributed by atoms with Gasteiger partial charge in [0.2, 0.25) is 10.0 Å². The van der Waals surface area contributed by atoms with Gasteiger partial charge in [-0.2, -0.15) is 0 Å². The molecule has 2 amide bonds. The molecule has 1 aliphatic heterocycles. The largest absolute Gasteiger partial charge is 0.379 e. The number of halogens is 1. The van der Waals surface area contributed by atoms with Gasteiger partial charge in [-0.15, -0.1) is 0 Å². The van der Waals surface area contributed by atoms with Crippen molar-refractivity contribution in [2.24, 2.45) is 5.92 Å². The average Bonchev–Trinajstić information content (AvgIpc) is 2.87. The highest BCUT2D eigenvalue weighted by Gasteiger charge is 2.34. The summed E-state index contributed by atoms with van der Waals surface area (Å²) in [7, 11) is -0.373. The van der Waals surface area contributed by atoms with Crippen molar-refractivity contribution < 1.29 is 17.9 Å². The van der Waals surface area contributed by atoms with E-state index in [1.165, 1.54) is 18.4 Å². The van der Waals surface area contributed by atoms with E-state index < -0.39 is 16.1 Å². The third kappa shape index (κ3) is 5.07. The minimum Gasteiger partial charge on any atom is -0.379 e. The lowest BCUT2D eigenvalue weighted by Crippen LogP contribution is -2.45. The third-order valence-corrected chi connectivity index (χ3v) is 5.81. The predicted octanol–water partition coefficient (Wildman–Crippen LogP) is 1.37. The van der Waals surface area contributed by atoms with E-state index in [0.29, 0.717) is 23.9 Å². The highest BCUT2D eigenvalue weighted by Crippen LogP contribution is 2.18. The van der Waals surface area contributed by atoms with Crippen LogP contribution < -0.4 is 10.6 Å². The molecular formula is C14H20ClN3O4S.